The van der Waals surface area contributed by atoms with Gasteiger partial charge in [-0.25, -0.2) is 0 Å². The Morgan fingerprint density at radius 1 is 1.07 bits per heavy atom. The smallest absolute Gasteiger partial charge is 0.242 e. The van der Waals surface area contributed by atoms with Crippen LogP contribution < -0.4 is 20.7 Å². The lowest BCUT2D eigenvalue weighted by Gasteiger charge is -2.20. The Balaban J connectivity index is 1.98. The molecule has 27 heavy (non-hydrogen) atoms. The van der Waals surface area contributed by atoms with E-state index in [4.69, 9.17) is 4.74 Å². The van der Waals surface area contributed by atoms with Gasteiger partial charge in [0.15, 0.2) is 0 Å². The van der Waals surface area contributed by atoms with Crippen LogP contribution in [-0.4, -0.2) is 31.5 Å². The maximum Gasteiger partial charge on any atom is 0.242 e. The number of carbonyl (C=O) groups excluding carboxylic acids is 2. The summed E-state index contributed by atoms with van der Waals surface area (Å²) < 4.78 is 5.34. The third-order valence-corrected chi connectivity index (χ3v) is 4.24. The van der Waals surface area contributed by atoms with E-state index in [1.54, 1.807) is 32.2 Å². The summed E-state index contributed by atoms with van der Waals surface area (Å²) in [4.78, 5) is 23.7. The zero-order valence-corrected chi connectivity index (χ0v) is 16.2. The van der Waals surface area contributed by atoms with Crippen molar-refractivity contribution >= 4 is 23.2 Å². The highest BCUT2D eigenvalue weighted by Crippen LogP contribution is 2.28. The summed E-state index contributed by atoms with van der Waals surface area (Å²) in [5, 5.41) is 8.85. The average Bonchev–Trinajstić information content (AvgIpc) is 2.66. The lowest BCUT2D eigenvalue weighted by atomic mass is 10.0. The molecule has 2 aromatic rings. The Kier molecular flexibility index (Phi) is 7.23. The molecule has 0 fully saturated rings. The van der Waals surface area contributed by atoms with Gasteiger partial charge in [-0.2, -0.15) is 0 Å². The van der Waals surface area contributed by atoms with Crippen molar-refractivity contribution in [1.82, 2.24) is 5.32 Å². The third-order valence-electron chi connectivity index (χ3n) is 4.24. The van der Waals surface area contributed by atoms with Crippen LogP contribution in [-0.2, 0) is 9.59 Å². The summed E-state index contributed by atoms with van der Waals surface area (Å²) in [6.45, 7) is 5.86. The van der Waals surface area contributed by atoms with Crippen LogP contribution in [0.3, 0.4) is 0 Å². The summed E-state index contributed by atoms with van der Waals surface area (Å²) >= 11 is 0. The number of hydrogen-bond acceptors (Lipinski definition) is 4. The molecule has 0 spiro atoms. The zero-order chi connectivity index (χ0) is 19.8. The van der Waals surface area contributed by atoms with Crippen LogP contribution in [0.15, 0.2) is 48.5 Å². The quantitative estimate of drug-likeness (QED) is 0.666. The summed E-state index contributed by atoms with van der Waals surface area (Å²) in [5.74, 6) is 0.554. The maximum atomic E-state index is 12.5. The van der Waals surface area contributed by atoms with Gasteiger partial charge < -0.3 is 20.7 Å². The van der Waals surface area contributed by atoms with E-state index < -0.39 is 6.04 Å². The van der Waals surface area contributed by atoms with Crippen LogP contribution in [0.25, 0.3) is 0 Å². The molecule has 2 atom stereocenters. The van der Waals surface area contributed by atoms with E-state index in [0.717, 1.165) is 0 Å². The van der Waals surface area contributed by atoms with E-state index in [9.17, 15) is 9.59 Å². The third kappa shape index (κ3) is 6.02. The van der Waals surface area contributed by atoms with Gasteiger partial charge in [0.2, 0.25) is 11.8 Å². The summed E-state index contributed by atoms with van der Waals surface area (Å²) in [6, 6.07) is 14.8. The van der Waals surface area contributed by atoms with Crippen LogP contribution in [0, 0.1) is 0 Å². The number of carbonyl (C=O) groups is 2. The molecule has 6 heteroatoms. The Labute approximate surface area is 160 Å². The topological polar surface area (TPSA) is 79.5 Å². The van der Waals surface area contributed by atoms with Gasteiger partial charge in [-0.3, -0.25) is 9.59 Å². The molecule has 0 aliphatic heterocycles. The Hall–Kier alpha value is -3.02. The number of anilines is 2. The van der Waals surface area contributed by atoms with E-state index in [0.29, 0.717) is 23.7 Å². The molecule has 2 amide bonds. The van der Waals surface area contributed by atoms with E-state index >= 15 is 0 Å². The van der Waals surface area contributed by atoms with Crippen LogP contribution in [0.5, 0.6) is 5.75 Å². The van der Waals surface area contributed by atoms with Crippen LogP contribution in [0.2, 0.25) is 0 Å². The molecule has 2 aromatic carbocycles. The minimum atomic E-state index is -0.463. The number of amides is 2. The predicted molar refractivity (Wildman–Crippen MR) is 108 cm³/mol. The minimum absolute atomic E-state index is 0.107. The molecule has 0 aliphatic rings. The molecule has 0 bridgehead atoms. The first-order valence-corrected chi connectivity index (χ1v) is 8.95. The van der Waals surface area contributed by atoms with Gasteiger partial charge in [0, 0.05) is 19.2 Å². The van der Waals surface area contributed by atoms with Crippen molar-refractivity contribution in [3.8, 4) is 5.75 Å². The number of methoxy groups -OCH3 is 1. The van der Waals surface area contributed by atoms with Gasteiger partial charge in [0.1, 0.15) is 11.8 Å². The lowest BCUT2D eigenvalue weighted by molar-refractivity contribution is -0.121. The second-order valence-electron chi connectivity index (χ2n) is 6.52. The second-order valence-corrected chi connectivity index (χ2v) is 6.52. The van der Waals surface area contributed by atoms with E-state index in [1.807, 2.05) is 18.2 Å². The molecule has 0 saturated carbocycles. The van der Waals surface area contributed by atoms with Gasteiger partial charge in [-0.1, -0.05) is 37.3 Å². The molecular formula is C21H27N3O3. The first-order chi connectivity index (χ1) is 12.9. The van der Waals surface area contributed by atoms with Crippen LogP contribution in [0.4, 0.5) is 11.4 Å². The standard InChI is InChI=1S/C21H27N3O3/c1-14(17-8-6-5-7-9-17)13-22-21(26)15(2)23-19-12-18(24-16(3)25)10-11-20(19)27-4/h5-12,14-15,23H,13H2,1-4H3,(H,22,26)(H,24,25)/t14-,15+/m1/s1. The molecule has 0 heterocycles. The fourth-order valence-corrected chi connectivity index (χ4v) is 2.71. The van der Waals surface area contributed by atoms with Crippen molar-refractivity contribution in [2.45, 2.75) is 32.7 Å². The first kappa shape index (κ1) is 20.3. The number of nitrogens with one attached hydrogen (secondary N) is 3. The molecule has 0 radical (unpaired) electrons. The highest BCUT2D eigenvalue weighted by molar-refractivity contribution is 5.90. The van der Waals surface area contributed by atoms with Gasteiger partial charge >= 0.3 is 0 Å². The molecule has 6 nitrogen and oxygen atoms in total. The van der Waals surface area contributed by atoms with E-state index in [1.165, 1.54) is 12.5 Å². The molecule has 0 aromatic heterocycles. The van der Waals surface area contributed by atoms with Crippen molar-refractivity contribution in [1.29, 1.82) is 0 Å². The van der Waals surface area contributed by atoms with Gasteiger partial charge in [0.25, 0.3) is 0 Å². The number of ether oxygens (including phenoxy) is 1. The summed E-state index contributed by atoms with van der Waals surface area (Å²) in [6.07, 6.45) is 0. The highest BCUT2D eigenvalue weighted by atomic mass is 16.5. The Bertz CT molecular complexity index is 777. The number of benzene rings is 2. The van der Waals surface area contributed by atoms with E-state index in [-0.39, 0.29) is 17.7 Å². The fraction of sp³-hybridized carbons (Fsp3) is 0.333. The SMILES string of the molecule is COc1ccc(NC(C)=O)cc1N[C@@H](C)C(=O)NC[C@@H](C)c1ccccc1. The molecular weight excluding hydrogens is 342 g/mol. The summed E-state index contributed by atoms with van der Waals surface area (Å²) in [7, 11) is 1.56. The van der Waals surface area contributed by atoms with E-state index in [2.05, 4.69) is 35.0 Å². The minimum Gasteiger partial charge on any atom is -0.495 e. The highest BCUT2D eigenvalue weighted by Gasteiger charge is 2.16. The van der Waals surface area contributed by atoms with Crippen molar-refractivity contribution in [3.05, 3.63) is 54.1 Å². The zero-order valence-electron chi connectivity index (χ0n) is 16.2. The van der Waals surface area contributed by atoms with Gasteiger partial charge in [0.05, 0.1) is 12.8 Å². The van der Waals surface area contributed by atoms with Gasteiger partial charge in [-0.15, -0.1) is 0 Å². The maximum absolute atomic E-state index is 12.5. The summed E-state index contributed by atoms with van der Waals surface area (Å²) in [5.41, 5.74) is 2.46. The normalized spacial score (nSPS) is 12.6. The Morgan fingerprint density at radius 3 is 2.41 bits per heavy atom. The van der Waals surface area contributed by atoms with Crippen molar-refractivity contribution in [2.75, 3.05) is 24.3 Å². The second kappa shape index (κ2) is 9.62. The predicted octanol–water partition coefficient (Wildman–Crippen LogP) is 3.37. The molecule has 0 unspecified atom stereocenters. The number of rotatable bonds is 8. The number of hydrogen-bond donors (Lipinski definition) is 3. The lowest BCUT2D eigenvalue weighted by Crippen LogP contribution is -2.39. The molecule has 3 N–H and O–H groups in total. The van der Waals surface area contributed by atoms with Crippen LogP contribution in [0.1, 0.15) is 32.3 Å². The molecule has 144 valence electrons. The monoisotopic (exact) mass is 369 g/mol. The largest absolute Gasteiger partial charge is 0.495 e. The average molecular weight is 369 g/mol. The van der Waals surface area contributed by atoms with Gasteiger partial charge in [-0.05, 0) is 36.6 Å². The first-order valence-electron chi connectivity index (χ1n) is 8.95. The van der Waals surface area contributed by atoms with Crippen molar-refractivity contribution < 1.29 is 14.3 Å². The van der Waals surface area contributed by atoms with Crippen LogP contribution >= 0.6 is 0 Å². The van der Waals surface area contributed by atoms with Crippen molar-refractivity contribution in [2.24, 2.45) is 0 Å². The fourth-order valence-electron chi connectivity index (χ4n) is 2.71. The molecule has 0 aliphatic carbocycles. The molecule has 2 rings (SSSR count). The van der Waals surface area contributed by atoms with Crippen molar-refractivity contribution in [3.63, 3.8) is 0 Å². The Morgan fingerprint density at radius 2 is 1.78 bits per heavy atom. The molecule has 0 saturated heterocycles.